The summed E-state index contributed by atoms with van der Waals surface area (Å²) in [6, 6.07) is 0.364. The van der Waals surface area contributed by atoms with Crippen LogP contribution in [0, 0.1) is 0 Å². The minimum absolute atomic E-state index is 0.0166. The van der Waals surface area contributed by atoms with Crippen molar-refractivity contribution in [2.24, 2.45) is 0 Å². The molecular formula is C15H19F3N4O3. The number of morpholine rings is 1. The number of carbonyl (C=O) groups is 1. The summed E-state index contributed by atoms with van der Waals surface area (Å²) in [6.45, 7) is 0.864. The molecule has 25 heavy (non-hydrogen) atoms. The normalized spacial score (nSPS) is 33.4. The Labute approximate surface area is 142 Å². The maximum atomic E-state index is 12.6. The number of alkyl halides is 3. The average Bonchev–Trinajstić information content (AvgIpc) is 3.09. The third-order valence-corrected chi connectivity index (χ3v) is 5.47. The molecule has 2 atom stereocenters. The predicted molar refractivity (Wildman–Crippen MR) is 77.2 cm³/mol. The van der Waals surface area contributed by atoms with E-state index in [1.807, 2.05) is 0 Å². The van der Waals surface area contributed by atoms with Gasteiger partial charge < -0.3 is 14.1 Å². The Hall–Kier alpha value is -1.68. The van der Waals surface area contributed by atoms with Gasteiger partial charge in [-0.1, -0.05) is 0 Å². The van der Waals surface area contributed by atoms with Gasteiger partial charge in [-0.25, -0.2) is 0 Å². The Morgan fingerprint density at radius 1 is 1.24 bits per heavy atom. The van der Waals surface area contributed by atoms with E-state index in [-0.39, 0.29) is 42.6 Å². The van der Waals surface area contributed by atoms with Gasteiger partial charge >= 0.3 is 12.1 Å². The maximum absolute atomic E-state index is 12.6. The van der Waals surface area contributed by atoms with E-state index >= 15 is 0 Å². The Morgan fingerprint density at radius 2 is 1.92 bits per heavy atom. The van der Waals surface area contributed by atoms with Gasteiger partial charge in [0.15, 0.2) is 0 Å². The van der Waals surface area contributed by atoms with Crippen LogP contribution in [0.25, 0.3) is 0 Å². The van der Waals surface area contributed by atoms with Crippen molar-refractivity contribution < 1.29 is 27.1 Å². The zero-order chi connectivity index (χ0) is 17.8. The van der Waals surface area contributed by atoms with Crippen LogP contribution < -0.4 is 0 Å². The second-order valence-electron chi connectivity index (χ2n) is 7.19. The van der Waals surface area contributed by atoms with Crippen molar-refractivity contribution >= 4 is 5.91 Å². The lowest BCUT2D eigenvalue weighted by Gasteiger charge is -2.49. The van der Waals surface area contributed by atoms with Gasteiger partial charge in [-0.2, -0.15) is 13.2 Å². The lowest BCUT2D eigenvalue weighted by Crippen LogP contribution is -2.60. The summed E-state index contributed by atoms with van der Waals surface area (Å²) in [5.74, 6) is -1.35. The standard InChI is InChI=1S/C15H19F3N4O3/c1-21-8-14(24-7-12(21)23)4-9-2-3-10(5-14)22(9)6-11-19-20-13(25-11)15(16,17)18/h9-10H,2-8H2,1H3. The fourth-order valence-corrected chi connectivity index (χ4v) is 4.38. The number of piperidine rings is 1. The number of rotatable bonds is 2. The molecule has 1 aromatic heterocycles. The van der Waals surface area contributed by atoms with Gasteiger partial charge in [-0.3, -0.25) is 9.69 Å². The van der Waals surface area contributed by atoms with Crippen molar-refractivity contribution in [3.05, 3.63) is 11.8 Å². The third kappa shape index (κ3) is 3.01. The lowest BCUT2D eigenvalue weighted by molar-refractivity contribution is -0.174. The molecule has 3 saturated heterocycles. The molecule has 1 amide bonds. The lowest BCUT2D eigenvalue weighted by atomic mass is 9.84. The molecule has 10 heteroatoms. The summed E-state index contributed by atoms with van der Waals surface area (Å²) in [7, 11) is 1.78. The molecule has 3 aliphatic rings. The highest BCUT2D eigenvalue weighted by atomic mass is 19.4. The number of hydrogen-bond acceptors (Lipinski definition) is 6. The topological polar surface area (TPSA) is 71.7 Å². The van der Waals surface area contributed by atoms with Crippen LogP contribution in [0.1, 0.15) is 37.5 Å². The summed E-state index contributed by atoms with van der Waals surface area (Å²) in [4.78, 5) is 15.5. The molecule has 3 fully saturated rings. The minimum Gasteiger partial charge on any atom is -0.416 e. The number of likely N-dealkylation sites (N-methyl/N-ethyl adjacent to an activating group) is 1. The van der Waals surface area contributed by atoms with Crippen molar-refractivity contribution in [3.8, 4) is 0 Å². The van der Waals surface area contributed by atoms with Crippen molar-refractivity contribution in [2.45, 2.75) is 56.1 Å². The van der Waals surface area contributed by atoms with Crippen LogP contribution in [0.4, 0.5) is 13.2 Å². The zero-order valence-electron chi connectivity index (χ0n) is 13.8. The SMILES string of the molecule is CN1CC2(CC3CCC(C2)N3Cc2nnc(C(F)(F)F)o2)OCC1=O. The van der Waals surface area contributed by atoms with E-state index < -0.39 is 12.1 Å². The minimum atomic E-state index is -4.62. The molecule has 4 rings (SSSR count). The number of nitrogens with zero attached hydrogens (tertiary/aromatic N) is 4. The van der Waals surface area contributed by atoms with Gasteiger partial charge in [0, 0.05) is 25.7 Å². The Bertz CT molecular complexity index is 663. The number of hydrogen-bond donors (Lipinski definition) is 0. The van der Waals surface area contributed by atoms with Crippen LogP contribution in [0.15, 0.2) is 4.42 Å². The Morgan fingerprint density at radius 3 is 2.48 bits per heavy atom. The fraction of sp³-hybridized carbons (Fsp3) is 0.800. The molecule has 2 unspecified atom stereocenters. The predicted octanol–water partition coefficient (Wildman–Crippen LogP) is 1.44. The molecule has 1 aromatic rings. The van der Waals surface area contributed by atoms with E-state index in [0.29, 0.717) is 6.54 Å². The van der Waals surface area contributed by atoms with E-state index in [9.17, 15) is 18.0 Å². The molecule has 4 heterocycles. The highest BCUT2D eigenvalue weighted by Crippen LogP contribution is 2.44. The number of ether oxygens (including phenoxy) is 1. The third-order valence-electron chi connectivity index (χ3n) is 5.47. The number of carbonyl (C=O) groups excluding carboxylic acids is 1. The first-order valence-electron chi connectivity index (χ1n) is 8.29. The summed E-state index contributed by atoms with van der Waals surface area (Å²) in [5, 5.41) is 6.62. The van der Waals surface area contributed by atoms with Gasteiger partial charge in [0.25, 0.3) is 0 Å². The van der Waals surface area contributed by atoms with Gasteiger partial charge in [-0.15, -0.1) is 10.2 Å². The molecule has 0 aromatic carbocycles. The number of fused-ring (bicyclic) bond motifs is 2. The molecule has 1 spiro atoms. The van der Waals surface area contributed by atoms with Crippen LogP contribution in [0.5, 0.6) is 0 Å². The maximum Gasteiger partial charge on any atom is 0.470 e. The second kappa shape index (κ2) is 5.66. The van der Waals surface area contributed by atoms with Crippen molar-refractivity contribution in [3.63, 3.8) is 0 Å². The largest absolute Gasteiger partial charge is 0.470 e. The number of halogens is 3. The van der Waals surface area contributed by atoms with E-state index in [1.54, 1.807) is 11.9 Å². The Balaban J connectivity index is 1.46. The van der Waals surface area contributed by atoms with Gasteiger partial charge in [0.1, 0.15) is 6.61 Å². The summed E-state index contributed by atoms with van der Waals surface area (Å²) in [5.41, 5.74) is -0.350. The molecule has 0 radical (unpaired) electrons. The van der Waals surface area contributed by atoms with E-state index in [2.05, 4.69) is 15.1 Å². The van der Waals surface area contributed by atoms with E-state index in [0.717, 1.165) is 25.7 Å². The smallest absolute Gasteiger partial charge is 0.416 e. The van der Waals surface area contributed by atoms with Crippen molar-refractivity contribution in [1.29, 1.82) is 0 Å². The molecule has 3 aliphatic heterocycles. The molecular weight excluding hydrogens is 341 g/mol. The highest BCUT2D eigenvalue weighted by Gasteiger charge is 2.51. The highest BCUT2D eigenvalue weighted by molar-refractivity contribution is 5.78. The molecule has 7 nitrogen and oxygen atoms in total. The van der Waals surface area contributed by atoms with Crippen LogP contribution in [0.2, 0.25) is 0 Å². The van der Waals surface area contributed by atoms with Crippen LogP contribution >= 0.6 is 0 Å². The first-order valence-corrected chi connectivity index (χ1v) is 8.29. The fourth-order valence-electron chi connectivity index (χ4n) is 4.38. The second-order valence-corrected chi connectivity index (χ2v) is 7.19. The van der Waals surface area contributed by atoms with Gasteiger partial charge in [-0.05, 0) is 25.7 Å². The number of aromatic nitrogens is 2. The van der Waals surface area contributed by atoms with Crippen LogP contribution in [0.3, 0.4) is 0 Å². The monoisotopic (exact) mass is 360 g/mol. The molecule has 0 N–H and O–H groups in total. The van der Waals surface area contributed by atoms with Gasteiger partial charge in [0.05, 0.1) is 12.1 Å². The summed E-state index contributed by atoms with van der Waals surface area (Å²) < 4.78 is 48.5. The van der Waals surface area contributed by atoms with E-state index in [1.165, 1.54) is 0 Å². The number of amides is 1. The quantitative estimate of drug-likeness (QED) is 0.795. The molecule has 0 saturated carbocycles. The van der Waals surface area contributed by atoms with Crippen molar-refractivity contribution in [2.75, 3.05) is 20.2 Å². The van der Waals surface area contributed by atoms with Crippen LogP contribution in [-0.2, 0) is 22.3 Å². The molecule has 138 valence electrons. The Kier molecular flexibility index (Phi) is 3.80. The molecule has 2 bridgehead atoms. The first kappa shape index (κ1) is 16.8. The van der Waals surface area contributed by atoms with Gasteiger partial charge in [0.2, 0.25) is 11.8 Å². The molecule has 0 aliphatic carbocycles. The van der Waals surface area contributed by atoms with Crippen LogP contribution in [-0.4, -0.2) is 63.8 Å². The average molecular weight is 360 g/mol. The summed E-state index contributed by atoms with van der Waals surface area (Å²) in [6.07, 6.45) is -1.21. The van der Waals surface area contributed by atoms with Crippen molar-refractivity contribution in [1.82, 2.24) is 20.0 Å². The first-order chi connectivity index (χ1) is 11.8. The van der Waals surface area contributed by atoms with E-state index in [4.69, 9.17) is 9.15 Å². The summed E-state index contributed by atoms with van der Waals surface area (Å²) >= 11 is 0. The zero-order valence-corrected chi connectivity index (χ0v) is 13.8.